The number of carbonyl (C=O) groups is 2. The lowest BCUT2D eigenvalue weighted by Gasteiger charge is -1.96. The van der Waals surface area contributed by atoms with E-state index in [1.165, 1.54) is 49.4 Å². The third kappa shape index (κ3) is 6.53. The van der Waals surface area contributed by atoms with Gasteiger partial charge in [0.2, 0.25) is 0 Å². The third-order valence-electron chi connectivity index (χ3n) is 3.72. The van der Waals surface area contributed by atoms with Crippen LogP contribution in [0.1, 0.15) is 33.2 Å². The van der Waals surface area contributed by atoms with Crippen LogP contribution in [0.3, 0.4) is 0 Å². The quantitative estimate of drug-likeness (QED) is 0.494. The number of hydrogen-bond donors (Lipinski definition) is 2. The molecule has 142 valence electrons. The van der Waals surface area contributed by atoms with Crippen LogP contribution in [-0.4, -0.2) is 21.8 Å². The maximum atomic E-state index is 12.7. The van der Waals surface area contributed by atoms with Crippen LogP contribution in [0, 0.1) is 5.82 Å². The molecule has 0 aliphatic carbocycles. The minimum atomic E-state index is -0.308. The maximum absolute atomic E-state index is 12.7. The monoisotopic (exact) mass is 378 g/mol. The van der Waals surface area contributed by atoms with E-state index in [9.17, 15) is 14.0 Å². The molecule has 0 aliphatic rings. The Hall–Kier alpha value is -3.73. The van der Waals surface area contributed by atoms with Gasteiger partial charge >= 0.3 is 0 Å². The number of aromatic hydroxyl groups is 2. The normalized spacial score (nSPS) is 10.2. The van der Waals surface area contributed by atoms with Crippen molar-refractivity contribution in [1.82, 2.24) is 0 Å². The molecule has 3 aromatic rings. The predicted octanol–water partition coefficient (Wildman–Crippen LogP) is 5.02. The second kappa shape index (κ2) is 9.83. The molecule has 0 spiro atoms. The van der Waals surface area contributed by atoms with Crippen molar-refractivity contribution in [2.24, 2.45) is 0 Å². The highest BCUT2D eigenvalue weighted by Crippen LogP contribution is 2.12. The minimum absolute atomic E-state index is 0.0139. The van der Waals surface area contributed by atoms with Gasteiger partial charge in [0.05, 0.1) is 0 Å². The van der Waals surface area contributed by atoms with Crippen molar-refractivity contribution >= 4 is 17.6 Å². The first kappa shape index (κ1) is 20.6. The van der Waals surface area contributed by atoms with Crippen molar-refractivity contribution in [3.8, 4) is 11.5 Å². The summed E-state index contributed by atoms with van der Waals surface area (Å²) >= 11 is 0. The Balaban J connectivity index is 0.000000237. The molecule has 0 unspecified atom stereocenters. The van der Waals surface area contributed by atoms with E-state index in [1.54, 1.807) is 42.5 Å². The highest BCUT2D eigenvalue weighted by Gasteiger charge is 2.01. The molecule has 5 heteroatoms. The van der Waals surface area contributed by atoms with Gasteiger partial charge in [-0.05, 0) is 79.2 Å². The first-order chi connectivity index (χ1) is 13.3. The molecule has 0 bridgehead atoms. The van der Waals surface area contributed by atoms with Gasteiger partial charge < -0.3 is 10.2 Å². The molecular weight excluding hydrogens is 359 g/mol. The molecule has 0 saturated heterocycles. The molecule has 4 nitrogen and oxygen atoms in total. The van der Waals surface area contributed by atoms with Crippen LogP contribution in [-0.2, 0) is 0 Å². The highest BCUT2D eigenvalue weighted by atomic mass is 19.1. The van der Waals surface area contributed by atoms with Gasteiger partial charge in [0, 0.05) is 11.1 Å². The van der Waals surface area contributed by atoms with Crippen molar-refractivity contribution in [2.75, 3.05) is 0 Å². The number of phenols is 2. The van der Waals surface area contributed by atoms with E-state index in [0.717, 1.165) is 5.56 Å². The number of benzene rings is 3. The van der Waals surface area contributed by atoms with Gasteiger partial charge in [-0.2, -0.15) is 0 Å². The molecule has 0 fully saturated rings. The largest absolute Gasteiger partial charge is 0.508 e. The van der Waals surface area contributed by atoms with E-state index in [4.69, 9.17) is 10.2 Å². The fraction of sp³-hybridized carbons (Fsp3) is 0.0435. The summed E-state index contributed by atoms with van der Waals surface area (Å²) in [6, 6.07) is 18.1. The Labute approximate surface area is 162 Å². The summed E-state index contributed by atoms with van der Waals surface area (Å²) in [4.78, 5) is 22.4. The Morgan fingerprint density at radius 3 is 1.68 bits per heavy atom. The van der Waals surface area contributed by atoms with E-state index in [2.05, 4.69) is 0 Å². The third-order valence-corrected chi connectivity index (χ3v) is 3.72. The molecule has 0 aromatic heterocycles. The fourth-order valence-electron chi connectivity index (χ4n) is 2.16. The maximum Gasteiger partial charge on any atom is 0.185 e. The van der Waals surface area contributed by atoms with Gasteiger partial charge in [-0.15, -0.1) is 0 Å². The molecule has 0 aliphatic heterocycles. The molecule has 0 heterocycles. The van der Waals surface area contributed by atoms with Crippen LogP contribution in [0.4, 0.5) is 4.39 Å². The van der Waals surface area contributed by atoms with E-state index >= 15 is 0 Å². The standard InChI is InChI=1S/C15H11FO2.C8H8O2/c16-13-6-1-11(2-7-13)3-10-15(18)12-4-8-14(17)9-5-12;1-6(9)7-2-4-8(10)5-3-7/h1-10,17H;2-5,10H,1H3/b10-3+;. The summed E-state index contributed by atoms with van der Waals surface area (Å²) in [5.41, 5.74) is 1.87. The lowest BCUT2D eigenvalue weighted by atomic mass is 10.1. The summed E-state index contributed by atoms with van der Waals surface area (Å²) in [7, 11) is 0. The number of phenolic OH excluding ortho intramolecular Hbond substituents is 2. The highest BCUT2D eigenvalue weighted by molar-refractivity contribution is 6.06. The van der Waals surface area contributed by atoms with E-state index < -0.39 is 0 Å². The first-order valence-corrected chi connectivity index (χ1v) is 8.42. The van der Waals surface area contributed by atoms with Crippen molar-refractivity contribution < 1.29 is 24.2 Å². The lowest BCUT2D eigenvalue weighted by molar-refractivity contribution is 0.101. The van der Waals surface area contributed by atoms with Gasteiger partial charge in [-0.25, -0.2) is 4.39 Å². The number of hydrogen-bond acceptors (Lipinski definition) is 4. The zero-order valence-corrected chi connectivity index (χ0v) is 15.2. The van der Waals surface area contributed by atoms with Crippen LogP contribution in [0.15, 0.2) is 78.9 Å². The van der Waals surface area contributed by atoms with Crippen LogP contribution in [0.25, 0.3) is 6.08 Å². The molecule has 28 heavy (non-hydrogen) atoms. The number of Topliss-reactive ketones (excluding diaryl/α,β-unsaturated/α-hetero) is 1. The van der Waals surface area contributed by atoms with Crippen molar-refractivity contribution in [1.29, 1.82) is 0 Å². The van der Waals surface area contributed by atoms with Crippen molar-refractivity contribution in [2.45, 2.75) is 6.92 Å². The average Bonchev–Trinajstić information content (AvgIpc) is 2.69. The van der Waals surface area contributed by atoms with Crippen molar-refractivity contribution in [3.63, 3.8) is 0 Å². The van der Waals surface area contributed by atoms with Crippen molar-refractivity contribution in [3.05, 3.63) is 101 Å². The smallest absolute Gasteiger partial charge is 0.185 e. The molecule has 0 atom stereocenters. The topological polar surface area (TPSA) is 74.6 Å². The summed E-state index contributed by atoms with van der Waals surface area (Å²) < 4.78 is 12.7. The number of ketones is 2. The summed E-state index contributed by atoms with van der Waals surface area (Å²) in [6.45, 7) is 1.49. The minimum Gasteiger partial charge on any atom is -0.508 e. The second-order valence-corrected chi connectivity index (χ2v) is 5.90. The van der Waals surface area contributed by atoms with Crippen LogP contribution >= 0.6 is 0 Å². The lowest BCUT2D eigenvalue weighted by Crippen LogP contribution is -1.92. The van der Waals surface area contributed by atoms with Gasteiger partial charge in [0.15, 0.2) is 11.6 Å². The van der Waals surface area contributed by atoms with Gasteiger partial charge in [-0.1, -0.05) is 18.2 Å². The molecule has 3 rings (SSSR count). The molecule has 0 radical (unpaired) electrons. The number of halogens is 1. The molecular formula is C23H19FO4. The predicted molar refractivity (Wildman–Crippen MR) is 106 cm³/mol. The van der Waals surface area contributed by atoms with Gasteiger partial charge in [-0.3, -0.25) is 9.59 Å². The SMILES string of the molecule is CC(=O)c1ccc(O)cc1.O=C(/C=C/c1ccc(F)cc1)c1ccc(O)cc1. The second-order valence-electron chi connectivity index (χ2n) is 5.90. The molecule has 3 aromatic carbocycles. The fourth-order valence-corrected chi connectivity index (χ4v) is 2.16. The van der Waals surface area contributed by atoms with Crippen LogP contribution < -0.4 is 0 Å². The van der Waals surface area contributed by atoms with Gasteiger partial charge in [0.25, 0.3) is 0 Å². The Morgan fingerprint density at radius 2 is 1.21 bits per heavy atom. The molecule has 0 saturated carbocycles. The Bertz CT molecular complexity index is 957. The average molecular weight is 378 g/mol. The molecule has 2 N–H and O–H groups in total. The summed E-state index contributed by atoms with van der Waals surface area (Å²) in [5.74, 6) is -0.157. The first-order valence-electron chi connectivity index (χ1n) is 8.42. The van der Waals surface area contributed by atoms with E-state index in [-0.39, 0.29) is 28.9 Å². The van der Waals surface area contributed by atoms with Gasteiger partial charge in [0.1, 0.15) is 17.3 Å². The van der Waals surface area contributed by atoms with E-state index in [0.29, 0.717) is 11.1 Å². The number of carbonyl (C=O) groups excluding carboxylic acids is 2. The molecule has 0 amide bonds. The summed E-state index contributed by atoms with van der Waals surface area (Å²) in [5, 5.41) is 17.9. The number of rotatable bonds is 4. The van der Waals surface area contributed by atoms with Crippen LogP contribution in [0.5, 0.6) is 11.5 Å². The Morgan fingerprint density at radius 1 is 0.750 bits per heavy atom. The Kier molecular flexibility index (Phi) is 7.22. The summed E-state index contributed by atoms with van der Waals surface area (Å²) in [6.07, 6.45) is 3.04. The zero-order valence-electron chi connectivity index (χ0n) is 15.2. The van der Waals surface area contributed by atoms with Crippen LogP contribution in [0.2, 0.25) is 0 Å². The van der Waals surface area contributed by atoms with E-state index in [1.807, 2.05) is 0 Å². The zero-order chi connectivity index (χ0) is 20.5. The number of allylic oxidation sites excluding steroid dienone is 1.